The van der Waals surface area contributed by atoms with Crippen molar-refractivity contribution in [1.82, 2.24) is 9.55 Å². The molecule has 1 aromatic carbocycles. The van der Waals surface area contributed by atoms with Crippen molar-refractivity contribution >= 4 is 11.8 Å². The molecule has 0 radical (unpaired) electrons. The van der Waals surface area contributed by atoms with Crippen molar-refractivity contribution in [2.45, 2.75) is 11.6 Å². The third-order valence-corrected chi connectivity index (χ3v) is 4.05. The summed E-state index contributed by atoms with van der Waals surface area (Å²) in [6, 6.07) is 5.65. The predicted molar refractivity (Wildman–Crippen MR) is 76.6 cm³/mol. The molecule has 2 heterocycles. The smallest absolute Gasteiger partial charge is 0.231 e. The highest BCUT2D eigenvalue weighted by Gasteiger charge is 2.13. The Morgan fingerprint density at radius 3 is 3.10 bits per heavy atom. The summed E-state index contributed by atoms with van der Waals surface area (Å²) >= 11 is 1.74. The normalized spacial score (nSPS) is 12.7. The number of aromatic nitrogens is 2. The third kappa shape index (κ3) is 3.01. The molecular formula is C14H16N2O3S. The number of hydrogen-bond donors (Lipinski definition) is 0. The second-order valence-corrected chi connectivity index (χ2v) is 5.45. The molecule has 0 fully saturated rings. The van der Waals surface area contributed by atoms with Gasteiger partial charge >= 0.3 is 0 Å². The molecule has 20 heavy (non-hydrogen) atoms. The van der Waals surface area contributed by atoms with Crippen molar-refractivity contribution in [2.24, 2.45) is 7.05 Å². The molecule has 5 nitrogen and oxygen atoms in total. The highest BCUT2D eigenvalue weighted by atomic mass is 32.2. The first-order chi connectivity index (χ1) is 9.83. The molecule has 0 spiro atoms. The zero-order valence-electron chi connectivity index (χ0n) is 11.2. The van der Waals surface area contributed by atoms with Crippen LogP contribution in [0.3, 0.4) is 0 Å². The number of rotatable bonds is 6. The van der Waals surface area contributed by atoms with Crippen molar-refractivity contribution < 1.29 is 14.2 Å². The summed E-state index contributed by atoms with van der Waals surface area (Å²) in [5.41, 5.74) is 0. The van der Waals surface area contributed by atoms with Gasteiger partial charge in [0.1, 0.15) is 5.75 Å². The Labute approximate surface area is 121 Å². The molecular weight excluding hydrogens is 276 g/mol. The number of aryl methyl sites for hydroxylation is 1. The Kier molecular flexibility index (Phi) is 4.01. The standard InChI is InChI=1S/C14H16N2O3S/c1-16-6-5-15-14(16)20-8-2-7-17-11-3-4-12-13(9-11)19-10-18-12/h3-6,9H,2,7-8,10H2,1H3. The van der Waals surface area contributed by atoms with Crippen LogP contribution in [0.4, 0.5) is 0 Å². The van der Waals surface area contributed by atoms with Gasteiger partial charge in [0.15, 0.2) is 16.7 Å². The quantitative estimate of drug-likeness (QED) is 0.605. The first kappa shape index (κ1) is 13.2. The van der Waals surface area contributed by atoms with E-state index in [1.807, 2.05) is 42.2 Å². The topological polar surface area (TPSA) is 45.5 Å². The van der Waals surface area contributed by atoms with E-state index in [0.29, 0.717) is 13.4 Å². The van der Waals surface area contributed by atoms with Gasteiger partial charge in [-0.3, -0.25) is 0 Å². The van der Waals surface area contributed by atoms with Crippen LogP contribution in [0.5, 0.6) is 17.2 Å². The van der Waals surface area contributed by atoms with E-state index in [2.05, 4.69) is 4.98 Å². The van der Waals surface area contributed by atoms with Crippen LogP contribution in [-0.2, 0) is 7.05 Å². The van der Waals surface area contributed by atoms with E-state index >= 15 is 0 Å². The summed E-state index contributed by atoms with van der Waals surface area (Å²) < 4.78 is 18.3. The van der Waals surface area contributed by atoms with Gasteiger partial charge in [-0.15, -0.1) is 0 Å². The number of hydrogen-bond acceptors (Lipinski definition) is 5. The number of ether oxygens (including phenoxy) is 3. The molecule has 0 unspecified atom stereocenters. The summed E-state index contributed by atoms with van der Waals surface area (Å²) in [5.74, 6) is 3.33. The highest BCUT2D eigenvalue weighted by molar-refractivity contribution is 7.99. The Morgan fingerprint density at radius 2 is 2.25 bits per heavy atom. The second-order valence-electron chi connectivity index (χ2n) is 4.39. The van der Waals surface area contributed by atoms with Crippen LogP contribution in [0.15, 0.2) is 35.7 Å². The van der Waals surface area contributed by atoms with Gasteiger partial charge in [-0.25, -0.2) is 4.98 Å². The molecule has 6 heteroatoms. The zero-order valence-corrected chi connectivity index (χ0v) is 12.1. The maximum atomic E-state index is 5.70. The lowest BCUT2D eigenvalue weighted by Crippen LogP contribution is -1.99. The van der Waals surface area contributed by atoms with Crippen molar-refractivity contribution in [1.29, 1.82) is 0 Å². The summed E-state index contributed by atoms with van der Waals surface area (Å²) in [5, 5.41) is 1.04. The summed E-state index contributed by atoms with van der Waals surface area (Å²) in [6.07, 6.45) is 4.73. The molecule has 0 saturated heterocycles. The van der Waals surface area contributed by atoms with Crippen LogP contribution >= 0.6 is 11.8 Å². The van der Waals surface area contributed by atoms with E-state index in [1.165, 1.54) is 0 Å². The van der Waals surface area contributed by atoms with Crippen LogP contribution in [0.25, 0.3) is 0 Å². The average molecular weight is 292 g/mol. The molecule has 0 amide bonds. The predicted octanol–water partition coefficient (Wildman–Crippen LogP) is 2.71. The minimum Gasteiger partial charge on any atom is -0.493 e. The largest absolute Gasteiger partial charge is 0.493 e. The molecule has 0 saturated carbocycles. The van der Waals surface area contributed by atoms with Gasteiger partial charge in [-0.1, -0.05) is 11.8 Å². The van der Waals surface area contributed by atoms with Crippen LogP contribution in [0.2, 0.25) is 0 Å². The maximum Gasteiger partial charge on any atom is 0.231 e. The Bertz CT molecular complexity index is 586. The van der Waals surface area contributed by atoms with Gasteiger partial charge in [0.2, 0.25) is 6.79 Å². The molecule has 0 N–H and O–H groups in total. The molecule has 0 aliphatic carbocycles. The Morgan fingerprint density at radius 1 is 1.35 bits per heavy atom. The Balaban J connectivity index is 1.41. The maximum absolute atomic E-state index is 5.70. The van der Waals surface area contributed by atoms with Crippen molar-refractivity contribution in [2.75, 3.05) is 19.2 Å². The lowest BCUT2D eigenvalue weighted by Gasteiger charge is -2.06. The zero-order chi connectivity index (χ0) is 13.8. The van der Waals surface area contributed by atoms with E-state index in [0.717, 1.165) is 34.6 Å². The lowest BCUT2D eigenvalue weighted by atomic mass is 10.3. The molecule has 0 bridgehead atoms. The average Bonchev–Trinajstić information content (AvgIpc) is 3.07. The first-order valence-corrected chi connectivity index (χ1v) is 7.44. The van der Waals surface area contributed by atoms with Gasteiger partial charge in [-0.05, 0) is 18.6 Å². The molecule has 3 rings (SSSR count). The summed E-state index contributed by atoms with van der Waals surface area (Å²) in [4.78, 5) is 4.27. The van der Waals surface area contributed by atoms with E-state index in [4.69, 9.17) is 14.2 Å². The van der Waals surface area contributed by atoms with Crippen molar-refractivity contribution in [3.63, 3.8) is 0 Å². The van der Waals surface area contributed by atoms with Gasteiger partial charge < -0.3 is 18.8 Å². The first-order valence-electron chi connectivity index (χ1n) is 6.45. The van der Waals surface area contributed by atoms with Gasteiger partial charge in [0.25, 0.3) is 0 Å². The van der Waals surface area contributed by atoms with Gasteiger partial charge in [0, 0.05) is 31.3 Å². The van der Waals surface area contributed by atoms with Gasteiger partial charge in [0.05, 0.1) is 6.61 Å². The molecule has 1 aliphatic heterocycles. The fourth-order valence-corrected chi connectivity index (χ4v) is 2.71. The number of fused-ring (bicyclic) bond motifs is 1. The monoisotopic (exact) mass is 292 g/mol. The fourth-order valence-electron chi connectivity index (χ4n) is 1.87. The van der Waals surface area contributed by atoms with Crippen LogP contribution in [0.1, 0.15) is 6.42 Å². The Hall–Kier alpha value is -1.82. The van der Waals surface area contributed by atoms with Crippen molar-refractivity contribution in [3.8, 4) is 17.2 Å². The van der Waals surface area contributed by atoms with Gasteiger partial charge in [-0.2, -0.15) is 0 Å². The lowest BCUT2D eigenvalue weighted by molar-refractivity contribution is 0.173. The highest BCUT2D eigenvalue weighted by Crippen LogP contribution is 2.35. The van der Waals surface area contributed by atoms with Crippen molar-refractivity contribution in [3.05, 3.63) is 30.6 Å². The number of thioether (sulfide) groups is 1. The third-order valence-electron chi connectivity index (χ3n) is 2.91. The number of nitrogens with zero attached hydrogens (tertiary/aromatic N) is 2. The second kappa shape index (κ2) is 6.09. The van der Waals surface area contributed by atoms with Crippen LogP contribution in [-0.4, -0.2) is 28.7 Å². The molecule has 0 atom stereocenters. The van der Waals surface area contributed by atoms with Crippen LogP contribution in [0, 0.1) is 0 Å². The van der Waals surface area contributed by atoms with Crippen LogP contribution < -0.4 is 14.2 Å². The SMILES string of the molecule is Cn1ccnc1SCCCOc1ccc2c(c1)OCO2. The van der Waals surface area contributed by atoms with E-state index in [1.54, 1.807) is 11.8 Å². The minimum atomic E-state index is 0.291. The molecule has 106 valence electrons. The minimum absolute atomic E-state index is 0.291. The number of imidazole rings is 1. The summed E-state index contributed by atoms with van der Waals surface area (Å²) in [6.45, 7) is 0.968. The molecule has 1 aliphatic rings. The van der Waals surface area contributed by atoms with E-state index in [-0.39, 0.29) is 0 Å². The molecule has 1 aromatic heterocycles. The summed E-state index contributed by atoms with van der Waals surface area (Å²) in [7, 11) is 2.00. The number of benzene rings is 1. The fraction of sp³-hybridized carbons (Fsp3) is 0.357. The van der Waals surface area contributed by atoms with E-state index < -0.39 is 0 Å². The van der Waals surface area contributed by atoms with E-state index in [9.17, 15) is 0 Å². The molecule has 2 aromatic rings.